The summed E-state index contributed by atoms with van der Waals surface area (Å²) >= 11 is 0. The van der Waals surface area contributed by atoms with Gasteiger partial charge in [-0.15, -0.1) is 0 Å². The maximum atomic E-state index is 12.8. The van der Waals surface area contributed by atoms with Gasteiger partial charge in [-0.05, 0) is 36.1 Å². The van der Waals surface area contributed by atoms with Gasteiger partial charge in [0, 0.05) is 12.6 Å². The van der Waals surface area contributed by atoms with Crippen LogP contribution < -0.4 is 0 Å². The molecule has 0 saturated carbocycles. The second-order valence-corrected chi connectivity index (χ2v) is 7.09. The van der Waals surface area contributed by atoms with Gasteiger partial charge in [-0.1, -0.05) is 19.9 Å². The zero-order valence-corrected chi connectivity index (χ0v) is 13.4. The van der Waals surface area contributed by atoms with E-state index in [1.54, 1.807) is 18.2 Å². The molecule has 6 heteroatoms. The van der Waals surface area contributed by atoms with E-state index in [2.05, 4.69) is 0 Å². The first-order chi connectivity index (χ1) is 10.0. The Morgan fingerprint density at radius 2 is 2.10 bits per heavy atom. The number of nitrogens with zero attached hydrogens (tertiary/aromatic N) is 1. The third kappa shape index (κ3) is 3.29. The maximum absolute atomic E-state index is 12.8. The van der Waals surface area contributed by atoms with Crippen LogP contribution >= 0.6 is 0 Å². The van der Waals surface area contributed by atoms with Gasteiger partial charge in [0.15, 0.2) is 0 Å². The molecule has 1 aliphatic rings. The molecule has 1 heterocycles. The van der Waals surface area contributed by atoms with Crippen molar-refractivity contribution in [1.29, 1.82) is 0 Å². The maximum Gasteiger partial charge on any atom is 0.243 e. The van der Waals surface area contributed by atoms with Gasteiger partial charge in [-0.2, -0.15) is 4.31 Å². The molecule has 118 valence electrons. The van der Waals surface area contributed by atoms with E-state index in [1.165, 1.54) is 4.31 Å². The van der Waals surface area contributed by atoms with Crippen molar-refractivity contribution in [2.24, 2.45) is 0 Å². The molecule has 1 saturated heterocycles. The van der Waals surface area contributed by atoms with E-state index in [4.69, 9.17) is 4.74 Å². The molecule has 21 heavy (non-hydrogen) atoms. The van der Waals surface area contributed by atoms with Gasteiger partial charge in [0.25, 0.3) is 0 Å². The summed E-state index contributed by atoms with van der Waals surface area (Å²) in [6, 6.07) is 4.90. The molecule has 5 nitrogen and oxygen atoms in total. The summed E-state index contributed by atoms with van der Waals surface area (Å²) in [6.07, 6.45) is 1.49. The smallest absolute Gasteiger partial charge is 0.243 e. The van der Waals surface area contributed by atoms with E-state index in [0.717, 1.165) is 18.4 Å². The minimum absolute atomic E-state index is 0.118. The van der Waals surface area contributed by atoms with Crippen molar-refractivity contribution in [3.05, 3.63) is 29.3 Å². The molecule has 0 bridgehead atoms. The van der Waals surface area contributed by atoms with Crippen LogP contribution in [0.2, 0.25) is 0 Å². The topological polar surface area (TPSA) is 66.8 Å². The fraction of sp³-hybridized carbons (Fsp3) is 0.600. The number of hydrogen-bond acceptors (Lipinski definition) is 4. The molecule has 1 N–H and O–H groups in total. The molecule has 0 aromatic heterocycles. The SMILES string of the molecule is CCc1ccc(S(=O)(=O)N2CCOCC2CC)cc1CO. The fourth-order valence-corrected chi connectivity index (χ4v) is 4.39. The Labute approximate surface area is 126 Å². The zero-order valence-electron chi connectivity index (χ0n) is 12.6. The third-order valence-electron chi connectivity index (χ3n) is 3.98. The molecule has 2 rings (SSSR count). The van der Waals surface area contributed by atoms with Crippen molar-refractivity contribution < 1.29 is 18.3 Å². The lowest BCUT2D eigenvalue weighted by molar-refractivity contribution is 0.0314. The summed E-state index contributed by atoms with van der Waals surface area (Å²) in [6.45, 7) is 5.04. The summed E-state index contributed by atoms with van der Waals surface area (Å²) in [5, 5.41) is 9.42. The lowest BCUT2D eigenvalue weighted by atomic mass is 10.1. The number of rotatable bonds is 5. The molecule has 1 unspecified atom stereocenters. The van der Waals surface area contributed by atoms with Crippen LogP contribution in [0.25, 0.3) is 0 Å². The number of ether oxygens (including phenoxy) is 1. The third-order valence-corrected chi connectivity index (χ3v) is 5.93. The highest BCUT2D eigenvalue weighted by molar-refractivity contribution is 7.89. The molecule has 0 aliphatic carbocycles. The minimum Gasteiger partial charge on any atom is -0.392 e. The van der Waals surface area contributed by atoms with Gasteiger partial charge in [-0.25, -0.2) is 8.42 Å². The Morgan fingerprint density at radius 3 is 2.71 bits per heavy atom. The fourth-order valence-electron chi connectivity index (χ4n) is 2.67. The van der Waals surface area contributed by atoms with E-state index < -0.39 is 10.0 Å². The van der Waals surface area contributed by atoms with Gasteiger partial charge in [0.2, 0.25) is 10.0 Å². The normalized spacial score (nSPS) is 20.6. The standard InChI is InChI=1S/C15H23NO4S/c1-3-12-5-6-15(9-13(12)10-17)21(18,19)16-7-8-20-11-14(16)4-2/h5-6,9,14,17H,3-4,7-8,10-11H2,1-2H3. The van der Waals surface area contributed by atoms with Gasteiger partial charge in [-0.3, -0.25) is 0 Å². The molecule has 0 amide bonds. The van der Waals surface area contributed by atoms with Crippen LogP contribution in [0.15, 0.2) is 23.1 Å². The second kappa shape index (κ2) is 6.87. The van der Waals surface area contributed by atoms with E-state index >= 15 is 0 Å². The van der Waals surface area contributed by atoms with Gasteiger partial charge in [0.05, 0.1) is 24.7 Å². The van der Waals surface area contributed by atoms with Gasteiger partial charge < -0.3 is 9.84 Å². The largest absolute Gasteiger partial charge is 0.392 e. The summed E-state index contributed by atoms with van der Waals surface area (Å²) in [5.74, 6) is 0. The van der Waals surface area contributed by atoms with Crippen molar-refractivity contribution in [2.45, 2.75) is 44.2 Å². The molecule has 0 radical (unpaired) electrons. The highest BCUT2D eigenvalue weighted by atomic mass is 32.2. The highest BCUT2D eigenvalue weighted by Crippen LogP contribution is 2.24. The molecule has 1 fully saturated rings. The lowest BCUT2D eigenvalue weighted by Crippen LogP contribution is -2.48. The Kier molecular flexibility index (Phi) is 5.37. The highest BCUT2D eigenvalue weighted by Gasteiger charge is 2.33. The summed E-state index contributed by atoms with van der Waals surface area (Å²) < 4.78 is 32.5. The molecule has 1 aromatic rings. The number of aryl methyl sites for hydroxylation is 1. The van der Waals surface area contributed by atoms with E-state index in [-0.39, 0.29) is 17.5 Å². The van der Waals surface area contributed by atoms with Crippen LogP contribution in [-0.2, 0) is 27.8 Å². The second-order valence-electron chi connectivity index (χ2n) is 5.19. The number of sulfonamides is 1. The Balaban J connectivity index is 2.38. The predicted molar refractivity (Wildman–Crippen MR) is 80.5 cm³/mol. The van der Waals surface area contributed by atoms with Crippen LogP contribution in [-0.4, -0.2) is 43.6 Å². The average Bonchev–Trinajstić information content (AvgIpc) is 2.53. The van der Waals surface area contributed by atoms with E-state index in [0.29, 0.717) is 25.3 Å². The first kappa shape index (κ1) is 16.4. The lowest BCUT2D eigenvalue weighted by Gasteiger charge is -2.34. The van der Waals surface area contributed by atoms with Crippen LogP contribution in [0.5, 0.6) is 0 Å². The Bertz CT molecular complexity index is 585. The van der Waals surface area contributed by atoms with Gasteiger partial charge >= 0.3 is 0 Å². The predicted octanol–water partition coefficient (Wildman–Crippen LogP) is 1.54. The van der Waals surface area contributed by atoms with Crippen molar-refractivity contribution >= 4 is 10.0 Å². The van der Waals surface area contributed by atoms with Crippen molar-refractivity contribution in [2.75, 3.05) is 19.8 Å². The number of aliphatic hydroxyl groups is 1. The summed E-state index contributed by atoms with van der Waals surface area (Å²) in [7, 11) is -3.54. The summed E-state index contributed by atoms with van der Waals surface area (Å²) in [5.41, 5.74) is 1.66. The average molecular weight is 313 g/mol. The molecule has 1 aliphatic heterocycles. The van der Waals surface area contributed by atoms with E-state index in [9.17, 15) is 13.5 Å². The van der Waals surface area contributed by atoms with Crippen molar-refractivity contribution in [3.63, 3.8) is 0 Å². The first-order valence-electron chi connectivity index (χ1n) is 7.36. The zero-order chi connectivity index (χ0) is 15.5. The summed E-state index contributed by atoms with van der Waals surface area (Å²) in [4.78, 5) is 0.254. The van der Waals surface area contributed by atoms with Crippen LogP contribution in [0.4, 0.5) is 0 Å². The molecular formula is C15H23NO4S. The Hall–Kier alpha value is -0.950. The number of morpholine rings is 1. The first-order valence-corrected chi connectivity index (χ1v) is 8.80. The van der Waals surface area contributed by atoms with E-state index in [1.807, 2.05) is 13.8 Å². The van der Waals surface area contributed by atoms with Crippen molar-refractivity contribution in [1.82, 2.24) is 4.31 Å². The molecule has 1 aromatic carbocycles. The van der Waals surface area contributed by atoms with Crippen LogP contribution in [0.1, 0.15) is 31.4 Å². The number of aliphatic hydroxyl groups excluding tert-OH is 1. The molecular weight excluding hydrogens is 290 g/mol. The van der Waals surface area contributed by atoms with Crippen molar-refractivity contribution in [3.8, 4) is 0 Å². The van der Waals surface area contributed by atoms with Crippen LogP contribution in [0, 0.1) is 0 Å². The minimum atomic E-state index is -3.54. The monoisotopic (exact) mass is 313 g/mol. The molecule has 1 atom stereocenters. The number of hydrogen-bond donors (Lipinski definition) is 1. The molecule has 0 spiro atoms. The van der Waals surface area contributed by atoms with Gasteiger partial charge in [0.1, 0.15) is 0 Å². The number of benzene rings is 1. The van der Waals surface area contributed by atoms with Crippen LogP contribution in [0.3, 0.4) is 0 Å². The Morgan fingerprint density at radius 1 is 1.33 bits per heavy atom. The quantitative estimate of drug-likeness (QED) is 0.895.